The molecule has 0 aromatic rings. The third kappa shape index (κ3) is 3.47. The number of ether oxygens (including phenoxy) is 1. The number of nitrogens with zero attached hydrogens (tertiary/aromatic N) is 1. The first-order valence-electron chi connectivity index (χ1n) is 5.74. The second-order valence-electron chi connectivity index (χ2n) is 4.14. The molecule has 4 nitrogen and oxygen atoms in total. The molecule has 4 heteroatoms. The number of hydrogen-bond donors (Lipinski definition) is 1. The van der Waals surface area contributed by atoms with Crippen molar-refractivity contribution in [1.82, 2.24) is 10.2 Å². The Kier molecular flexibility index (Phi) is 5.05. The van der Waals surface area contributed by atoms with Crippen molar-refractivity contribution in [2.24, 2.45) is 5.92 Å². The summed E-state index contributed by atoms with van der Waals surface area (Å²) in [5, 5.41) is 3.18. The molecule has 15 heavy (non-hydrogen) atoms. The number of carbonyl (C=O) groups is 1. The van der Waals surface area contributed by atoms with E-state index >= 15 is 0 Å². The highest BCUT2D eigenvalue weighted by Crippen LogP contribution is 2.18. The van der Waals surface area contributed by atoms with Gasteiger partial charge in [0.05, 0.1) is 6.61 Å². The predicted octanol–water partition coefficient (Wildman–Crippen LogP) is 0.479. The molecule has 0 bridgehead atoms. The van der Waals surface area contributed by atoms with Crippen molar-refractivity contribution in [3.05, 3.63) is 0 Å². The number of esters is 1. The summed E-state index contributed by atoms with van der Waals surface area (Å²) in [7, 11) is 1.97. The molecule has 0 amide bonds. The van der Waals surface area contributed by atoms with Crippen LogP contribution in [0.15, 0.2) is 0 Å². The van der Waals surface area contributed by atoms with Crippen molar-refractivity contribution < 1.29 is 9.53 Å². The maximum Gasteiger partial charge on any atom is 0.323 e. The Morgan fingerprint density at radius 2 is 2.40 bits per heavy atom. The first-order valence-corrected chi connectivity index (χ1v) is 5.74. The third-order valence-electron chi connectivity index (χ3n) is 2.99. The average Bonchev–Trinajstić information content (AvgIpc) is 2.66. The average molecular weight is 214 g/mol. The van der Waals surface area contributed by atoms with E-state index in [9.17, 15) is 4.79 Å². The van der Waals surface area contributed by atoms with E-state index in [0.29, 0.717) is 12.5 Å². The molecule has 1 aliphatic rings. The van der Waals surface area contributed by atoms with Crippen molar-refractivity contribution in [1.29, 1.82) is 0 Å². The van der Waals surface area contributed by atoms with Crippen LogP contribution in [0.3, 0.4) is 0 Å². The van der Waals surface area contributed by atoms with Gasteiger partial charge < -0.3 is 10.1 Å². The van der Waals surface area contributed by atoms with E-state index in [0.717, 1.165) is 19.6 Å². The van der Waals surface area contributed by atoms with E-state index in [-0.39, 0.29) is 12.0 Å². The highest BCUT2D eigenvalue weighted by Gasteiger charge is 2.29. The summed E-state index contributed by atoms with van der Waals surface area (Å²) in [4.78, 5) is 13.7. The molecule has 0 spiro atoms. The van der Waals surface area contributed by atoms with Crippen LogP contribution in [-0.4, -0.2) is 50.2 Å². The topological polar surface area (TPSA) is 41.6 Å². The largest absolute Gasteiger partial charge is 0.465 e. The second-order valence-corrected chi connectivity index (χ2v) is 4.14. The van der Waals surface area contributed by atoms with E-state index in [2.05, 4.69) is 10.2 Å². The molecule has 88 valence electrons. The normalized spacial score (nSPS) is 24.1. The van der Waals surface area contributed by atoms with Gasteiger partial charge in [0.25, 0.3) is 0 Å². The van der Waals surface area contributed by atoms with Crippen molar-refractivity contribution in [2.45, 2.75) is 26.3 Å². The van der Waals surface area contributed by atoms with Crippen LogP contribution in [0.4, 0.5) is 0 Å². The zero-order valence-electron chi connectivity index (χ0n) is 9.95. The Bertz CT molecular complexity index is 209. The van der Waals surface area contributed by atoms with Crippen LogP contribution in [-0.2, 0) is 9.53 Å². The zero-order chi connectivity index (χ0) is 11.3. The van der Waals surface area contributed by atoms with E-state index in [4.69, 9.17) is 4.74 Å². The first kappa shape index (κ1) is 12.5. The van der Waals surface area contributed by atoms with Crippen LogP contribution in [0.1, 0.15) is 20.3 Å². The van der Waals surface area contributed by atoms with Crippen molar-refractivity contribution in [2.75, 3.05) is 33.3 Å². The molecule has 0 radical (unpaired) electrons. The lowest BCUT2D eigenvalue weighted by Crippen LogP contribution is -2.39. The molecular weight excluding hydrogens is 192 g/mol. The SMILES string of the molecule is CCOC(=O)C(C)N1CCC(CNC)C1. The molecule has 1 saturated heterocycles. The van der Waals surface area contributed by atoms with E-state index in [1.807, 2.05) is 20.9 Å². The Morgan fingerprint density at radius 1 is 1.67 bits per heavy atom. The third-order valence-corrected chi connectivity index (χ3v) is 2.99. The van der Waals surface area contributed by atoms with Gasteiger partial charge in [-0.25, -0.2) is 0 Å². The molecule has 1 heterocycles. The highest BCUT2D eigenvalue weighted by atomic mass is 16.5. The van der Waals surface area contributed by atoms with Crippen molar-refractivity contribution in [3.63, 3.8) is 0 Å². The van der Waals surface area contributed by atoms with Crippen LogP contribution in [0.5, 0.6) is 0 Å². The Labute approximate surface area is 92.0 Å². The second kappa shape index (κ2) is 6.08. The standard InChI is InChI=1S/C11H22N2O2/c1-4-15-11(14)9(2)13-6-5-10(8-13)7-12-3/h9-10,12H,4-8H2,1-3H3. The zero-order valence-corrected chi connectivity index (χ0v) is 9.95. The Hall–Kier alpha value is -0.610. The van der Waals surface area contributed by atoms with Gasteiger partial charge in [0, 0.05) is 6.54 Å². The fourth-order valence-electron chi connectivity index (χ4n) is 2.08. The van der Waals surface area contributed by atoms with Crippen LogP contribution >= 0.6 is 0 Å². The van der Waals surface area contributed by atoms with Crippen molar-refractivity contribution >= 4 is 5.97 Å². The fourth-order valence-corrected chi connectivity index (χ4v) is 2.08. The number of hydrogen-bond acceptors (Lipinski definition) is 4. The van der Waals surface area contributed by atoms with E-state index < -0.39 is 0 Å². The molecular formula is C11H22N2O2. The van der Waals surface area contributed by atoms with Gasteiger partial charge in [-0.1, -0.05) is 0 Å². The number of carbonyl (C=O) groups excluding carboxylic acids is 1. The van der Waals surface area contributed by atoms with E-state index in [1.54, 1.807) is 0 Å². The molecule has 0 aromatic carbocycles. The van der Waals surface area contributed by atoms with Gasteiger partial charge in [0.2, 0.25) is 0 Å². The Morgan fingerprint density at radius 3 is 3.00 bits per heavy atom. The lowest BCUT2D eigenvalue weighted by atomic mass is 10.1. The molecule has 1 aliphatic heterocycles. The summed E-state index contributed by atoms with van der Waals surface area (Å²) in [5.41, 5.74) is 0. The fraction of sp³-hybridized carbons (Fsp3) is 0.909. The molecule has 1 rings (SSSR count). The highest BCUT2D eigenvalue weighted by molar-refractivity contribution is 5.75. The smallest absolute Gasteiger partial charge is 0.323 e. The molecule has 2 unspecified atom stereocenters. The number of rotatable bonds is 5. The van der Waals surface area contributed by atoms with Gasteiger partial charge in [-0.05, 0) is 46.3 Å². The van der Waals surface area contributed by atoms with Crippen molar-refractivity contribution in [3.8, 4) is 0 Å². The molecule has 2 atom stereocenters. The molecule has 0 aromatic heterocycles. The summed E-state index contributed by atoms with van der Waals surface area (Å²) in [5.74, 6) is 0.578. The Balaban J connectivity index is 2.35. The summed E-state index contributed by atoms with van der Waals surface area (Å²) in [6, 6.07) is -0.0909. The summed E-state index contributed by atoms with van der Waals surface area (Å²) >= 11 is 0. The monoisotopic (exact) mass is 214 g/mol. The molecule has 1 N–H and O–H groups in total. The minimum absolute atomic E-state index is 0.0909. The maximum absolute atomic E-state index is 11.5. The lowest BCUT2D eigenvalue weighted by Gasteiger charge is -2.22. The van der Waals surface area contributed by atoms with Gasteiger partial charge in [-0.2, -0.15) is 0 Å². The minimum atomic E-state index is -0.0948. The molecule has 0 saturated carbocycles. The van der Waals surface area contributed by atoms with Gasteiger partial charge in [0.1, 0.15) is 6.04 Å². The number of nitrogens with one attached hydrogen (secondary N) is 1. The van der Waals surface area contributed by atoms with E-state index in [1.165, 1.54) is 6.42 Å². The molecule has 0 aliphatic carbocycles. The van der Waals surface area contributed by atoms with Gasteiger partial charge in [-0.15, -0.1) is 0 Å². The lowest BCUT2D eigenvalue weighted by molar-refractivity contribution is -0.148. The molecule has 1 fully saturated rings. The van der Waals surface area contributed by atoms with Crippen LogP contribution in [0, 0.1) is 5.92 Å². The van der Waals surface area contributed by atoms with Crippen LogP contribution < -0.4 is 5.32 Å². The predicted molar refractivity (Wildman–Crippen MR) is 59.7 cm³/mol. The number of likely N-dealkylation sites (tertiary alicyclic amines) is 1. The minimum Gasteiger partial charge on any atom is -0.465 e. The van der Waals surface area contributed by atoms with Crippen LogP contribution in [0.25, 0.3) is 0 Å². The maximum atomic E-state index is 11.5. The van der Waals surface area contributed by atoms with Gasteiger partial charge in [-0.3, -0.25) is 9.69 Å². The van der Waals surface area contributed by atoms with Gasteiger partial charge in [0.15, 0.2) is 0 Å². The quantitative estimate of drug-likeness (QED) is 0.676. The summed E-state index contributed by atoms with van der Waals surface area (Å²) < 4.78 is 5.02. The summed E-state index contributed by atoms with van der Waals surface area (Å²) in [6.45, 7) is 7.29. The van der Waals surface area contributed by atoms with Crippen LogP contribution in [0.2, 0.25) is 0 Å². The summed E-state index contributed by atoms with van der Waals surface area (Å²) in [6.07, 6.45) is 1.17. The first-order chi connectivity index (χ1) is 7.19. The van der Waals surface area contributed by atoms with Gasteiger partial charge >= 0.3 is 5.97 Å².